The Labute approximate surface area is 112 Å². The Balaban J connectivity index is 2.04. The van der Waals surface area contributed by atoms with Gasteiger partial charge in [-0.3, -0.25) is 5.43 Å². The van der Waals surface area contributed by atoms with E-state index in [1.54, 1.807) is 6.21 Å². The maximum absolute atomic E-state index is 9.23. The van der Waals surface area contributed by atoms with Crippen molar-refractivity contribution in [2.75, 3.05) is 6.61 Å². The number of rotatable bonds is 5. The molecule has 4 heteroatoms. The van der Waals surface area contributed by atoms with Crippen molar-refractivity contribution in [3.63, 3.8) is 0 Å². The standard InChI is InChI=1S/C15H18N2O2/c18-10-13-6-2-1-5-12(13)9-16-17-15-8-4-3-7-14(15)11-19/h1-2,5-9,17-19H,3-4,10-11H2/b16-9+. The zero-order valence-electron chi connectivity index (χ0n) is 10.7. The van der Waals surface area contributed by atoms with E-state index in [0.717, 1.165) is 35.2 Å². The molecule has 0 fully saturated rings. The summed E-state index contributed by atoms with van der Waals surface area (Å²) in [5, 5.41) is 22.6. The summed E-state index contributed by atoms with van der Waals surface area (Å²) < 4.78 is 0. The van der Waals surface area contributed by atoms with Crippen molar-refractivity contribution < 1.29 is 10.2 Å². The summed E-state index contributed by atoms with van der Waals surface area (Å²) in [7, 11) is 0. The van der Waals surface area contributed by atoms with E-state index in [1.807, 2.05) is 36.4 Å². The van der Waals surface area contributed by atoms with Crippen LogP contribution in [0.3, 0.4) is 0 Å². The predicted molar refractivity (Wildman–Crippen MR) is 75.6 cm³/mol. The molecule has 4 nitrogen and oxygen atoms in total. The molecule has 1 aromatic rings. The maximum Gasteiger partial charge on any atom is 0.0699 e. The lowest BCUT2D eigenvalue weighted by Crippen LogP contribution is -2.13. The van der Waals surface area contributed by atoms with E-state index in [2.05, 4.69) is 10.5 Å². The van der Waals surface area contributed by atoms with Crippen LogP contribution in [0.2, 0.25) is 0 Å². The summed E-state index contributed by atoms with van der Waals surface area (Å²) in [6.45, 7) is 0.00820. The Morgan fingerprint density at radius 2 is 1.89 bits per heavy atom. The van der Waals surface area contributed by atoms with Crippen LogP contribution in [0.25, 0.3) is 0 Å². The summed E-state index contributed by atoms with van der Waals surface area (Å²) in [6.07, 6.45) is 7.63. The molecule has 0 amide bonds. The second-order valence-electron chi connectivity index (χ2n) is 4.31. The van der Waals surface area contributed by atoms with Crippen LogP contribution in [-0.4, -0.2) is 23.0 Å². The number of aliphatic hydroxyl groups is 2. The monoisotopic (exact) mass is 258 g/mol. The van der Waals surface area contributed by atoms with Crippen LogP contribution >= 0.6 is 0 Å². The second kappa shape index (κ2) is 6.87. The highest BCUT2D eigenvalue weighted by atomic mass is 16.3. The highest BCUT2D eigenvalue weighted by Gasteiger charge is 2.06. The maximum atomic E-state index is 9.23. The number of benzene rings is 1. The molecule has 0 bridgehead atoms. The van der Waals surface area contributed by atoms with Crippen molar-refractivity contribution >= 4 is 6.21 Å². The number of hydrazone groups is 1. The largest absolute Gasteiger partial charge is 0.392 e. The van der Waals surface area contributed by atoms with E-state index < -0.39 is 0 Å². The highest BCUT2D eigenvalue weighted by molar-refractivity contribution is 5.81. The fourth-order valence-corrected chi connectivity index (χ4v) is 1.97. The average molecular weight is 258 g/mol. The third-order valence-corrected chi connectivity index (χ3v) is 3.04. The molecule has 0 atom stereocenters. The minimum atomic E-state index is -0.00726. The summed E-state index contributed by atoms with van der Waals surface area (Å²) >= 11 is 0. The molecule has 1 aromatic carbocycles. The van der Waals surface area contributed by atoms with Crippen LogP contribution in [0.15, 0.2) is 52.8 Å². The van der Waals surface area contributed by atoms with Crippen molar-refractivity contribution in [1.82, 2.24) is 5.43 Å². The second-order valence-corrected chi connectivity index (χ2v) is 4.31. The van der Waals surface area contributed by atoms with Crippen LogP contribution in [-0.2, 0) is 6.61 Å². The van der Waals surface area contributed by atoms with Gasteiger partial charge in [-0.2, -0.15) is 5.10 Å². The molecule has 1 aliphatic carbocycles. The van der Waals surface area contributed by atoms with E-state index in [9.17, 15) is 10.2 Å². The van der Waals surface area contributed by atoms with Gasteiger partial charge in [-0.05, 0) is 29.5 Å². The molecule has 0 saturated heterocycles. The molecule has 0 spiro atoms. The van der Waals surface area contributed by atoms with Crippen LogP contribution in [0.1, 0.15) is 24.0 Å². The topological polar surface area (TPSA) is 64.8 Å². The van der Waals surface area contributed by atoms with Gasteiger partial charge in [-0.15, -0.1) is 0 Å². The predicted octanol–water partition coefficient (Wildman–Crippen LogP) is 1.70. The average Bonchev–Trinajstić information content (AvgIpc) is 2.48. The van der Waals surface area contributed by atoms with Gasteiger partial charge in [0, 0.05) is 0 Å². The Morgan fingerprint density at radius 1 is 1.11 bits per heavy atom. The third-order valence-electron chi connectivity index (χ3n) is 3.04. The van der Waals surface area contributed by atoms with E-state index in [4.69, 9.17) is 0 Å². The fraction of sp³-hybridized carbons (Fsp3) is 0.267. The van der Waals surface area contributed by atoms with E-state index in [-0.39, 0.29) is 13.2 Å². The first kappa shape index (κ1) is 13.5. The zero-order chi connectivity index (χ0) is 13.5. The van der Waals surface area contributed by atoms with Gasteiger partial charge in [-0.1, -0.05) is 36.4 Å². The number of nitrogens with one attached hydrogen (secondary N) is 1. The number of allylic oxidation sites excluding steroid dienone is 2. The summed E-state index contributed by atoms with van der Waals surface area (Å²) in [6, 6.07) is 7.54. The fourth-order valence-electron chi connectivity index (χ4n) is 1.97. The molecule has 100 valence electrons. The van der Waals surface area contributed by atoms with E-state index >= 15 is 0 Å². The Hall–Kier alpha value is -1.91. The van der Waals surface area contributed by atoms with Gasteiger partial charge in [0.05, 0.1) is 25.1 Å². The highest BCUT2D eigenvalue weighted by Crippen LogP contribution is 2.15. The number of hydrogen-bond acceptors (Lipinski definition) is 4. The minimum Gasteiger partial charge on any atom is -0.392 e. The SMILES string of the molecule is OCC1=CCCC=C1N/N=C/c1ccccc1CO. The van der Waals surface area contributed by atoms with Crippen LogP contribution in [0.4, 0.5) is 0 Å². The molecule has 0 aliphatic heterocycles. The molecule has 19 heavy (non-hydrogen) atoms. The van der Waals surface area contributed by atoms with Gasteiger partial charge in [0.1, 0.15) is 0 Å². The van der Waals surface area contributed by atoms with Gasteiger partial charge in [-0.25, -0.2) is 0 Å². The number of aliphatic hydroxyl groups excluding tert-OH is 2. The van der Waals surface area contributed by atoms with Gasteiger partial charge in [0.25, 0.3) is 0 Å². The molecule has 2 rings (SSSR count). The van der Waals surface area contributed by atoms with Crippen molar-refractivity contribution in [3.8, 4) is 0 Å². The van der Waals surface area contributed by atoms with Crippen molar-refractivity contribution in [2.45, 2.75) is 19.4 Å². The molecule has 3 N–H and O–H groups in total. The lowest BCUT2D eigenvalue weighted by Gasteiger charge is -2.13. The van der Waals surface area contributed by atoms with E-state index in [1.165, 1.54) is 0 Å². The first-order chi connectivity index (χ1) is 9.35. The van der Waals surface area contributed by atoms with Crippen molar-refractivity contribution in [1.29, 1.82) is 0 Å². The first-order valence-corrected chi connectivity index (χ1v) is 6.33. The number of nitrogens with zero attached hydrogens (tertiary/aromatic N) is 1. The molecule has 0 heterocycles. The van der Waals surface area contributed by atoms with Gasteiger partial charge < -0.3 is 10.2 Å². The first-order valence-electron chi connectivity index (χ1n) is 6.33. The molecule has 0 saturated carbocycles. The zero-order valence-corrected chi connectivity index (χ0v) is 10.7. The van der Waals surface area contributed by atoms with Crippen molar-refractivity contribution in [2.24, 2.45) is 5.10 Å². The quantitative estimate of drug-likeness (QED) is 0.556. The van der Waals surface area contributed by atoms with Crippen LogP contribution in [0.5, 0.6) is 0 Å². The summed E-state index contributed by atoms with van der Waals surface area (Å²) in [4.78, 5) is 0. The Morgan fingerprint density at radius 3 is 2.68 bits per heavy atom. The van der Waals surface area contributed by atoms with Gasteiger partial charge >= 0.3 is 0 Å². The summed E-state index contributed by atoms with van der Waals surface area (Å²) in [5.41, 5.74) is 6.39. The Bertz CT molecular complexity index is 519. The lowest BCUT2D eigenvalue weighted by atomic mass is 10.0. The van der Waals surface area contributed by atoms with E-state index in [0.29, 0.717) is 0 Å². The molecule has 0 radical (unpaired) electrons. The van der Waals surface area contributed by atoms with Crippen LogP contribution in [0, 0.1) is 0 Å². The van der Waals surface area contributed by atoms with Crippen LogP contribution < -0.4 is 5.43 Å². The molecule has 0 unspecified atom stereocenters. The molecule has 1 aliphatic rings. The minimum absolute atomic E-state index is 0.00726. The lowest BCUT2D eigenvalue weighted by molar-refractivity contribution is 0.281. The molecular weight excluding hydrogens is 240 g/mol. The Kier molecular flexibility index (Phi) is 4.89. The van der Waals surface area contributed by atoms with Gasteiger partial charge in [0.15, 0.2) is 0 Å². The van der Waals surface area contributed by atoms with Gasteiger partial charge in [0.2, 0.25) is 0 Å². The number of hydrogen-bond donors (Lipinski definition) is 3. The normalized spacial score (nSPS) is 15.3. The summed E-state index contributed by atoms with van der Waals surface area (Å²) in [5.74, 6) is 0. The third kappa shape index (κ3) is 3.53. The molecule has 0 aromatic heterocycles. The molecular formula is C15H18N2O2. The smallest absolute Gasteiger partial charge is 0.0699 e. The van der Waals surface area contributed by atoms with Crippen molar-refractivity contribution in [3.05, 3.63) is 58.8 Å².